The molecule has 1 amide bonds. The smallest absolute Gasteiger partial charge is 0.335 e. The molecular weight excluding hydrogens is 310 g/mol. The highest BCUT2D eigenvalue weighted by atomic mass is 16.5. The first-order valence-corrected chi connectivity index (χ1v) is 8.43. The van der Waals surface area contributed by atoms with E-state index in [4.69, 9.17) is 9.15 Å². The second-order valence-corrected chi connectivity index (χ2v) is 7.81. The van der Waals surface area contributed by atoms with E-state index in [0.29, 0.717) is 23.8 Å². The highest BCUT2D eigenvalue weighted by molar-refractivity contribution is 5.94. The van der Waals surface area contributed by atoms with Gasteiger partial charge in [-0.05, 0) is 56.4 Å². The summed E-state index contributed by atoms with van der Waals surface area (Å²) < 4.78 is 9.87. The van der Waals surface area contributed by atoms with E-state index in [0.717, 1.165) is 32.1 Å². The van der Waals surface area contributed by atoms with Gasteiger partial charge in [0.2, 0.25) is 0 Å². The van der Waals surface area contributed by atoms with Gasteiger partial charge in [0, 0.05) is 11.6 Å². The second-order valence-electron chi connectivity index (χ2n) is 7.81. The first-order chi connectivity index (χ1) is 11.4. The van der Waals surface area contributed by atoms with Crippen LogP contribution in [0.25, 0.3) is 0 Å². The number of hydrogen-bond acceptors (Lipinski definition) is 5. The fourth-order valence-corrected chi connectivity index (χ4v) is 5.66. The number of esters is 1. The number of hydrogen-bond donors (Lipinski definition) is 1. The van der Waals surface area contributed by atoms with Crippen LogP contribution in [0.3, 0.4) is 0 Å². The van der Waals surface area contributed by atoms with Gasteiger partial charge in [0.1, 0.15) is 6.26 Å². The second kappa shape index (κ2) is 5.19. The third-order valence-corrected chi connectivity index (χ3v) is 6.02. The molecule has 4 bridgehead atoms. The van der Waals surface area contributed by atoms with Gasteiger partial charge in [-0.1, -0.05) is 0 Å². The van der Waals surface area contributed by atoms with E-state index in [2.05, 4.69) is 5.32 Å². The number of carbonyl (C=O) groups excluding carboxylic acids is 2. The molecule has 4 aliphatic rings. The molecular formula is C18H21NO5. The molecule has 0 spiro atoms. The molecule has 1 heterocycles. The molecule has 4 saturated carbocycles. The summed E-state index contributed by atoms with van der Waals surface area (Å²) >= 11 is 0. The predicted octanol–water partition coefficient (Wildman–Crippen LogP) is 1.88. The Labute approximate surface area is 139 Å². The van der Waals surface area contributed by atoms with Gasteiger partial charge in [-0.25, -0.2) is 4.79 Å². The molecule has 0 aromatic carbocycles. The standard InChI is InChI=1S/C18H21NO5/c1-23-16(22)17-5-11-4-12(6-17)8-18(7-11,10-17)19-15(21)13-2-3-14(20)24-9-13/h2-3,9,11-12H,4-8,10H2,1H3,(H,19,21)/t11-,12+,17?,18?. The molecule has 6 nitrogen and oxygen atoms in total. The van der Waals surface area contributed by atoms with Crippen LogP contribution in [-0.4, -0.2) is 24.5 Å². The topological polar surface area (TPSA) is 85.6 Å². The number of carbonyl (C=O) groups is 2. The highest BCUT2D eigenvalue weighted by Crippen LogP contribution is 2.62. The first-order valence-electron chi connectivity index (χ1n) is 8.43. The number of nitrogens with one attached hydrogen (secondary N) is 1. The minimum atomic E-state index is -0.481. The Morgan fingerprint density at radius 1 is 1.21 bits per heavy atom. The van der Waals surface area contributed by atoms with E-state index in [1.807, 2.05) is 0 Å². The van der Waals surface area contributed by atoms with Crippen molar-refractivity contribution in [1.82, 2.24) is 5.32 Å². The number of ether oxygens (including phenoxy) is 1. The molecule has 1 N–H and O–H groups in total. The fourth-order valence-electron chi connectivity index (χ4n) is 5.66. The van der Waals surface area contributed by atoms with Crippen molar-refractivity contribution in [2.45, 2.75) is 44.1 Å². The van der Waals surface area contributed by atoms with E-state index < -0.39 is 11.0 Å². The van der Waals surface area contributed by atoms with Gasteiger partial charge in [0.05, 0.1) is 18.1 Å². The Hall–Kier alpha value is -2.11. The lowest BCUT2D eigenvalue weighted by atomic mass is 9.47. The molecule has 0 radical (unpaired) electrons. The van der Waals surface area contributed by atoms with Gasteiger partial charge >= 0.3 is 11.6 Å². The third kappa shape index (κ3) is 2.36. The maximum atomic E-state index is 12.6. The SMILES string of the molecule is COC(=O)C12C[C@@H]3C[C@@H](CC(NC(=O)c4ccc(=O)oc4)(C3)C1)C2. The molecule has 5 rings (SSSR count). The zero-order valence-corrected chi connectivity index (χ0v) is 13.7. The summed E-state index contributed by atoms with van der Waals surface area (Å²) in [5, 5.41) is 3.16. The predicted molar refractivity (Wildman–Crippen MR) is 84.3 cm³/mol. The maximum Gasteiger partial charge on any atom is 0.335 e. The van der Waals surface area contributed by atoms with Crippen molar-refractivity contribution in [2.75, 3.05) is 7.11 Å². The van der Waals surface area contributed by atoms with Crippen molar-refractivity contribution in [3.05, 3.63) is 34.4 Å². The Morgan fingerprint density at radius 2 is 1.92 bits per heavy atom. The van der Waals surface area contributed by atoms with Crippen molar-refractivity contribution in [2.24, 2.45) is 17.3 Å². The van der Waals surface area contributed by atoms with Crippen LogP contribution in [0.15, 0.2) is 27.6 Å². The van der Waals surface area contributed by atoms with Gasteiger partial charge < -0.3 is 14.5 Å². The minimum absolute atomic E-state index is 0.138. The number of amides is 1. The minimum Gasteiger partial charge on any atom is -0.469 e. The van der Waals surface area contributed by atoms with Crippen molar-refractivity contribution >= 4 is 11.9 Å². The molecule has 6 heteroatoms. The first kappa shape index (κ1) is 15.4. The average Bonchev–Trinajstić information content (AvgIpc) is 2.52. The molecule has 1 aromatic rings. The van der Waals surface area contributed by atoms with E-state index in [-0.39, 0.29) is 17.4 Å². The summed E-state index contributed by atoms with van der Waals surface area (Å²) in [6.45, 7) is 0. The van der Waals surface area contributed by atoms with Crippen LogP contribution in [0, 0.1) is 17.3 Å². The maximum absolute atomic E-state index is 12.6. The fraction of sp³-hybridized carbons (Fsp3) is 0.611. The van der Waals surface area contributed by atoms with Gasteiger partial charge in [-0.3, -0.25) is 9.59 Å². The summed E-state index contributed by atoms with van der Waals surface area (Å²) in [6, 6.07) is 2.71. The normalized spacial score (nSPS) is 36.4. The zero-order valence-electron chi connectivity index (χ0n) is 13.7. The lowest BCUT2D eigenvalue weighted by Gasteiger charge is -2.60. The molecule has 4 aliphatic carbocycles. The molecule has 2 unspecified atom stereocenters. The Bertz CT molecular complexity index is 718. The molecule has 0 aliphatic heterocycles. The van der Waals surface area contributed by atoms with Crippen molar-refractivity contribution < 1.29 is 18.7 Å². The van der Waals surface area contributed by atoms with Crippen LogP contribution in [0.5, 0.6) is 0 Å². The molecule has 4 fully saturated rings. The number of methoxy groups -OCH3 is 1. The zero-order chi connectivity index (χ0) is 16.9. The van der Waals surface area contributed by atoms with Crippen LogP contribution in [-0.2, 0) is 9.53 Å². The summed E-state index contributed by atoms with van der Waals surface area (Å²) in [5.41, 5.74) is -0.954. The van der Waals surface area contributed by atoms with Crippen LogP contribution in [0.4, 0.5) is 0 Å². The van der Waals surface area contributed by atoms with Crippen LogP contribution < -0.4 is 10.9 Å². The Kier molecular flexibility index (Phi) is 3.34. The van der Waals surface area contributed by atoms with Crippen LogP contribution >= 0.6 is 0 Å². The average molecular weight is 331 g/mol. The van der Waals surface area contributed by atoms with E-state index in [1.165, 1.54) is 25.5 Å². The van der Waals surface area contributed by atoms with Gasteiger partial charge in [0.15, 0.2) is 0 Å². The van der Waals surface area contributed by atoms with E-state index in [1.54, 1.807) is 0 Å². The highest BCUT2D eigenvalue weighted by Gasteiger charge is 2.61. The van der Waals surface area contributed by atoms with Gasteiger partial charge in [-0.2, -0.15) is 0 Å². The molecule has 0 saturated heterocycles. The van der Waals surface area contributed by atoms with E-state index >= 15 is 0 Å². The quantitative estimate of drug-likeness (QED) is 0.855. The monoisotopic (exact) mass is 331 g/mol. The van der Waals surface area contributed by atoms with Crippen molar-refractivity contribution in [3.8, 4) is 0 Å². The van der Waals surface area contributed by atoms with Crippen molar-refractivity contribution in [3.63, 3.8) is 0 Å². The summed E-state index contributed by atoms with van der Waals surface area (Å²) in [5.74, 6) is 0.528. The van der Waals surface area contributed by atoms with Gasteiger partial charge in [-0.15, -0.1) is 0 Å². The van der Waals surface area contributed by atoms with Gasteiger partial charge in [0.25, 0.3) is 5.91 Å². The summed E-state index contributed by atoms with van der Waals surface area (Å²) in [4.78, 5) is 36.1. The lowest BCUT2D eigenvalue weighted by Crippen LogP contribution is -2.64. The molecule has 1 aromatic heterocycles. The number of rotatable bonds is 3. The lowest BCUT2D eigenvalue weighted by molar-refractivity contribution is -0.171. The third-order valence-electron chi connectivity index (χ3n) is 6.02. The molecule has 24 heavy (non-hydrogen) atoms. The van der Waals surface area contributed by atoms with Crippen LogP contribution in [0.1, 0.15) is 48.9 Å². The van der Waals surface area contributed by atoms with Crippen molar-refractivity contribution in [1.29, 1.82) is 0 Å². The summed E-state index contributed by atoms with van der Waals surface area (Å²) in [7, 11) is 1.44. The molecule has 128 valence electrons. The van der Waals surface area contributed by atoms with E-state index in [9.17, 15) is 14.4 Å². The summed E-state index contributed by atoms with van der Waals surface area (Å²) in [6.07, 6.45) is 6.52. The molecule has 4 atom stereocenters. The van der Waals surface area contributed by atoms with Crippen LogP contribution in [0.2, 0.25) is 0 Å². The Morgan fingerprint density at radius 3 is 2.50 bits per heavy atom. The Balaban J connectivity index is 1.60. The largest absolute Gasteiger partial charge is 0.469 e.